The van der Waals surface area contributed by atoms with Crippen LogP contribution in [0.4, 0.5) is 0 Å². The highest BCUT2D eigenvalue weighted by molar-refractivity contribution is 5.60. The van der Waals surface area contributed by atoms with Crippen molar-refractivity contribution in [2.75, 3.05) is 0 Å². The molecule has 0 aliphatic heterocycles. The van der Waals surface area contributed by atoms with Gasteiger partial charge < -0.3 is 0 Å². The van der Waals surface area contributed by atoms with Crippen LogP contribution in [0.1, 0.15) is 51.9 Å². The van der Waals surface area contributed by atoms with Crippen molar-refractivity contribution in [3.05, 3.63) is 47.1 Å². The maximum atomic E-state index is 2.37. The zero-order chi connectivity index (χ0) is 11.2. The normalized spacial score (nSPS) is 17.9. The van der Waals surface area contributed by atoms with E-state index in [0.29, 0.717) is 0 Å². The molecule has 0 spiro atoms. The van der Waals surface area contributed by atoms with E-state index in [2.05, 4.69) is 37.3 Å². The van der Waals surface area contributed by atoms with Gasteiger partial charge in [0.05, 0.1) is 0 Å². The summed E-state index contributed by atoms with van der Waals surface area (Å²) in [5, 5.41) is 0. The average molecular weight is 214 g/mol. The van der Waals surface area contributed by atoms with Crippen molar-refractivity contribution < 1.29 is 0 Å². The fourth-order valence-electron chi connectivity index (χ4n) is 2.47. The van der Waals surface area contributed by atoms with Crippen LogP contribution >= 0.6 is 0 Å². The zero-order valence-corrected chi connectivity index (χ0v) is 10.3. The zero-order valence-electron chi connectivity index (χ0n) is 10.3. The monoisotopic (exact) mass is 214 g/mol. The average Bonchev–Trinajstić information content (AvgIpc) is 2.73. The third kappa shape index (κ3) is 2.75. The third-order valence-corrected chi connectivity index (χ3v) is 3.43. The predicted molar refractivity (Wildman–Crippen MR) is 71.4 cm³/mol. The molecule has 16 heavy (non-hydrogen) atoms. The Hall–Kier alpha value is -1.04. The maximum Gasteiger partial charge on any atom is -0.0157 e. The molecular weight excluding hydrogens is 192 g/mol. The van der Waals surface area contributed by atoms with E-state index in [4.69, 9.17) is 0 Å². The summed E-state index contributed by atoms with van der Waals surface area (Å²) < 4.78 is 0. The van der Waals surface area contributed by atoms with Crippen molar-refractivity contribution in [2.24, 2.45) is 0 Å². The molecular formula is C16H22. The number of rotatable bonds is 6. The van der Waals surface area contributed by atoms with Crippen molar-refractivity contribution in [3.8, 4) is 0 Å². The van der Waals surface area contributed by atoms with E-state index in [1.165, 1.54) is 49.7 Å². The smallest absolute Gasteiger partial charge is 0.0157 e. The molecule has 0 nitrogen and oxygen atoms in total. The maximum absolute atomic E-state index is 2.37. The number of allylic oxidation sites excluding steroid dienone is 8. The summed E-state index contributed by atoms with van der Waals surface area (Å²) in [4.78, 5) is 0. The molecule has 0 aromatic heterocycles. The summed E-state index contributed by atoms with van der Waals surface area (Å²) in [6.45, 7) is 2.27. The van der Waals surface area contributed by atoms with Gasteiger partial charge in [0.15, 0.2) is 0 Å². The van der Waals surface area contributed by atoms with Crippen LogP contribution in [0.5, 0.6) is 0 Å². The lowest BCUT2D eigenvalue weighted by atomic mass is 9.94. The van der Waals surface area contributed by atoms with Gasteiger partial charge in [-0.25, -0.2) is 0 Å². The standard InChI is InChI=1S/C16H22/c1-2-3-4-5-6-9-14-12-13-15-10-7-8-11-16(14)15/h7,10-13H,2-6,8-9H2,1H3. The first-order chi connectivity index (χ1) is 7.92. The molecule has 86 valence electrons. The van der Waals surface area contributed by atoms with Gasteiger partial charge in [0.1, 0.15) is 0 Å². The third-order valence-electron chi connectivity index (χ3n) is 3.43. The second kappa shape index (κ2) is 5.89. The highest BCUT2D eigenvalue weighted by Crippen LogP contribution is 2.33. The van der Waals surface area contributed by atoms with Crippen molar-refractivity contribution in [1.82, 2.24) is 0 Å². The fourth-order valence-corrected chi connectivity index (χ4v) is 2.47. The first kappa shape index (κ1) is 11.4. The summed E-state index contributed by atoms with van der Waals surface area (Å²) in [7, 11) is 0. The minimum atomic E-state index is 1.11. The molecule has 0 radical (unpaired) electrons. The Morgan fingerprint density at radius 1 is 1.06 bits per heavy atom. The molecule has 0 saturated heterocycles. The van der Waals surface area contributed by atoms with E-state index in [1.807, 2.05) is 0 Å². The Labute approximate surface area is 99.4 Å². The Morgan fingerprint density at radius 3 is 2.81 bits per heavy atom. The summed E-state index contributed by atoms with van der Waals surface area (Å²) in [5.74, 6) is 0. The molecule has 0 saturated carbocycles. The van der Waals surface area contributed by atoms with Crippen LogP contribution in [0.3, 0.4) is 0 Å². The fraction of sp³-hybridized carbons (Fsp3) is 0.500. The van der Waals surface area contributed by atoms with Crippen LogP contribution in [-0.4, -0.2) is 0 Å². The molecule has 0 amide bonds. The van der Waals surface area contributed by atoms with Crippen molar-refractivity contribution in [2.45, 2.75) is 51.9 Å². The Kier molecular flexibility index (Phi) is 4.21. The molecule has 0 unspecified atom stereocenters. The molecule has 2 rings (SSSR count). The van der Waals surface area contributed by atoms with Gasteiger partial charge in [-0.15, -0.1) is 0 Å². The summed E-state index contributed by atoms with van der Waals surface area (Å²) >= 11 is 0. The summed E-state index contributed by atoms with van der Waals surface area (Å²) in [5.41, 5.74) is 4.50. The van der Waals surface area contributed by atoms with Gasteiger partial charge in [-0.2, -0.15) is 0 Å². The van der Waals surface area contributed by atoms with Crippen LogP contribution in [0.15, 0.2) is 47.1 Å². The van der Waals surface area contributed by atoms with Gasteiger partial charge in [-0.05, 0) is 36.0 Å². The Balaban J connectivity index is 1.74. The topological polar surface area (TPSA) is 0 Å². The van der Waals surface area contributed by atoms with Crippen molar-refractivity contribution >= 4 is 0 Å². The van der Waals surface area contributed by atoms with Gasteiger partial charge in [-0.3, -0.25) is 0 Å². The number of fused-ring (bicyclic) bond motifs is 1. The highest BCUT2D eigenvalue weighted by Gasteiger charge is 2.14. The van der Waals surface area contributed by atoms with E-state index in [1.54, 1.807) is 5.57 Å². The number of hydrogen-bond acceptors (Lipinski definition) is 0. The van der Waals surface area contributed by atoms with Crippen LogP contribution in [0.25, 0.3) is 0 Å². The van der Waals surface area contributed by atoms with Crippen LogP contribution in [0, 0.1) is 0 Å². The predicted octanol–water partition coefficient (Wildman–Crippen LogP) is 5.10. The molecule has 0 fully saturated rings. The van der Waals surface area contributed by atoms with E-state index in [0.717, 1.165) is 6.42 Å². The Morgan fingerprint density at radius 2 is 1.94 bits per heavy atom. The van der Waals surface area contributed by atoms with Gasteiger partial charge in [-0.1, -0.05) is 63.0 Å². The van der Waals surface area contributed by atoms with Crippen molar-refractivity contribution in [1.29, 1.82) is 0 Å². The van der Waals surface area contributed by atoms with Gasteiger partial charge in [0, 0.05) is 0 Å². The second-order valence-corrected chi connectivity index (χ2v) is 4.73. The Bertz CT molecular complexity index is 350. The molecule has 0 bridgehead atoms. The van der Waals surface area contributed by atoms with Crippen molar-refractivity contribution in [3.63, 3.8) is 0 Å². The lowest BCUT2D eigenvalue weighted by Crippen LogP contribution is -1.92. The molecule has 0 aromatic carbocycles. The minimum Gasteiger partial charge on any atom is -0.0801 e. The van der Waals surface area contributed by atoms with Gasteiger partial charge >= 0.3 is 0 Å². The molecule has 2 aliphatic rings. The molecule has 0 heterocycles. The lowest BCUT2D eigenvalue weighted by molar-refractivity contribution is 0.632. The van der Waals surface area contributed by atoms with E-state index in [9.17, 15) is 0 Å². The van der Waals surface area contributed by atoms with Crippen LogP contribution < -0.4 is 0 Å². The van der Waals surface area contributed by atoms with E-state index < -0.39 is 0 Å². The van der Waals surface area contributed by atoms with Gasteiger partial charge in [0.25, 0.3) is 0 Å². The first-order valence-corrected chi connectivity index (χ1v) is 6.70. The second-order valence-electron chi connectivity index (χ2n) is 4.73. The summed E-state index contributed by atoms with van der Waals surface area (Å²) in [6, 6.07) is 0. The highest BCUT2D eigenvalue weighted by atomic mass is 14.2. The quantitative estimate of drug-likeness (QED) is 0.540. The van der Waals surface area contributed by atoms with E-state index >= 15 is 0 Å². The summed E-state index contributed by atoms with van der Waals surface area (Å²) in [6.07, 6.45) is 20.7. The first-order valence-electron chi connectivity index (χ1n) is 6.70. The van der Waals surface area contributed by atoms with Gasteiger partial charge in [0.2, 0.25) is 0 Å². The molecule has 0 atom stereocenters. The van der Waals surface area contributed by atoms with E-state index in [-0.39, 0.29) is 0 Å². The number of hydrogen-bond donors (Lipinski definition) is 0. The molecule has 2 aliphatic carbocycles. The molecule has 0 aromatic rings. The number of unbranched alkanes of at least 4 members (excludes halogenated alkanes) is 4. The van der Waals surface area contributed by atoms with Crippen LogP contribution in [0.2, 0.25) is 0 Å². The molecule has 0 N–H and O–H groups in total. The van der Waals surface area contributed by atoms with Crippen LogP contribution in [-0.2, 0) is 0 Å². The largest absolute Gasteiger partial charge is 0.0801 e. The SMILES string of the molecule is CCCCCCCC1=CC=C2C=CCC=C21. The molecule has 0 heteroatoms. The lowest BCUT2D eigenvalue weighted by Gasteiger charge is -2.11. The minimum absolute atomic E-state index is 1.11.